The molecule has 2 rings (SSSR count). The minimum Gasteiger partial charge on any atom is -0.508 e. The third-order valence-electron chi connectivity index (χ3n) is 3.16. The van der Waals surface area contributed by atoms with E-state index in [1.807, 2.05) is 6.07 Å². The molecule has 0 radical (unpaired) electrons. The first-order chi connectivity index (χ1) is 12.8. The molecule has 27 heavy (non-hydrogen) atoms. The third kappa shape index (κ3) is 5.84. The van der Waals surface area contributed by atoms with Crippen LogP contribution in [0.4, 0.5) is 5.69 Å². The highest BCUT2D eigenvalue weighted by Crippen LogP contribution is 2.35. The molecule has 0 saturated heterocycles. The first-order valence-electron chi connectivity index (χ1n) is 7.36. The second-order valence-electron chi connectivity index (χ2n) is 5.17. The second kappa shape index (κ2) is 9.21. The topological polar surface area (TPSA) is 120 Å². The maximum atomic E-state index is 12.3. The summed E-state index contributed by atoms with van der Waals surface area (Å²) in [4.78, 5) is 22.9. The minimum absolute atomic E-state index is 0.0592. The molecule has 3 N–H and O–H groups in total. The van der Waals surface area contributed by atoms with Crippen molar-refractivity contribution in [2.24, 2.45) is 0 Å². The Morgan fingerprint density at radius 3 is 2.30 bits per heavy atom. The molecule has 0 spiro atoms. The Kier molecular flexibility index (Phi) is 6.98. The number of amides is 1. The Balaban J connectivity index is 2.23. The van der Waals surface area contributed by atoms with Crippen LogP contribution in [0.1, 0.15) is 5.56 Å². The minimum atomic E-state index is -1.12. The van der Waals surface area contributed by atoms with E-state index in [1.165, 1.54) is 30.3 Å². The van der Waals surface area contributed by atoms with E-state index < -0.39 is 18.5 Å². The van der Waals surface area contributed by atoms with Crippen molar-refractivity contribution in [2.45, 2.75) is 0 Å². The molecule has 0 heterocycles. The first-order valence-corrected chi connectivity index (χ1v) is 8.94. The number of hydrogen-bond donors (Lipinski definition) is 3. The Labute approximate surface area is 171 Å². The van der Waals surface area contributed by atoms with E-state index in [4.69, 9.17) is 9.84 Å². The van der Waals surface area contributed by atoms with Crippen molar-refractivity contribution < 1.29 is 24.5 Å². The molecule has 0 unspecified atom stereocenters. The number of carboxylic acids is 1. The molecule has 0 bridgehead atoms. The first kappa shape index (κ1) is 20.5. The van der Waals surface area contributed by atoms with Gasteiger partial charge in [0.15, 0.2) is 6.61 Å². The summed E-state index contributed by atoms with van der Waals surface area (Å²) >= 11 is 6.55. The number of phenols is 1. The number of anilines is 1. The van der Waals surface area contributed by atoms with Crippen LogP contribution in [0.5, 0.6) is 11.5 Å². The number of ether oxygens (including phenoxy) is 1. The van der Waals surface area contributed by atoms with Crippen molar-refractivity contribution in [2.75, 3.05) is 11.9 Å². The molecule has 0 atom stereocenters. The molecule has 9 heteroatoms. The van der Waals surface area contributed by atoms with Crippen molar-refractivity contribution in [1.82, 2.24) is 0 Å². The molecule has 2 aromatic rings. The van der Waals surface area contributed by atoms with E-state index in [9.17, 15) is 20.0 Å². The van der Waals surface area contributed by atoms with E-state index in [-0.39, 0.29) is 11.3 Å². The Hall–Kier alpha value is -2.83. The number of benzene rings is 2. The molecule has 0 aliphatic rings. The highest BCUT2D eigenvalue weighted by molar-refractivity contribution is 9.11. The number of phenolic OH excluding ortho intramolecular Hbond substituents is 1. The van der Waals surface area contributed by atoms with Crippen LogP contribution in [0.15, 0.2) is 50.9 Å². The van der Waals surface area contributed by atoms with Gasteiger partial charge in [-0.3, -0.25) is 4.79 Å². The van der Waals surface area contributed by atoms with Gasteiger partial charge in [0.05, 0.1) is 8.95 Å². The van der Waals surface area contributed by atoms with Gasteiger partial charge in [-0.25, -0.2) is 4.79 Å². The number of halogens is 2. The Bertz CT molecular complexity index is 926. The third-order valence-corrected chi connectivity index (χ3v) is 4.34. The molecule has 0 aliphatic heterocycles. The maximum absolute atomic E-state index is 12.3. The van der Waals surface area contributed by atoms with Gasteiger partial charge in [-0.05, 0) is 79.9 Å². The number of nitrogens with zero attached hydrogens (tertiary/aromatic N) is 1. The van der Waals surface area contributed by atoms with Gasteiger partial charge in [0.2, 0.25) is 0 Å². The van der Waals surface area contributed by atoms with Crippen molar-refractivity contribution in [3.63, 3.8) is 0 Å². The summed E-state index contributed by atoms with van der Waals surface area (Å²) in [7, 11) is 0. The number of carboxylic acid groups (broad SMARTS) is 1. The number of aromatic hydroxyl groups is 1. The summed E-state index contributed by atoms with van der Waals surface area (Å²) < 4.78 is 6.09. The molecule has 0 saturated carbocycles. The van der Waals surface area contributed by atoms with Gasteiger partial charge in [-0.1, -0.05) is 0 Å². The van der Waals surface area contributed by atoms with E-state index >= 15 is 0 Å². The zero-order valence-electron chi connectivity index (χ0n) is 13.6. The van der Waals surface area contributed by atoms with Gasteiger partial charge >= 0.3 is 5.97 Å². The van der Waals surface area contributed by atoms with Gasteiger partial charge < -0.3 is 20.3 Å². The Morgan fingerprint density at radius 1 is 1.19 bits per heavy atom. The Morgan fingerprint density at radius 2 is 1.78 bits per heavy atom. The number of aliphatic carboxylic acids is 1. The molecule has 1 amide bonds. The molecule has 0 aromatic heterocycles. The van der Waals surface area contributed by atoms with Gasteiger partial charge in [0.1, 0.15) is 23.1 Å². The largest absolute Gasteiger partial charge is 0.508 e. The van der Waals surface area contributed by atoms with Crippen LogP contribution in [0, 0.1) is 11.3 Å². The predicted molar refractivity (Wildman–Crippen MR) is 105 cm³/mol. The zero-order chi connectivity index (χ0) is 20.0. The van der Waals surface area contributed by atoms with Gasteiger partial charge in [-0.15, -0.1) is 0 Å². The number of carbonyl (C=O) groups excluding carboxylic acids is 1. The van der Waals surface area contributed by atoms with Crippen LogP contribution in [0.3, 0.4) is 0 Å². The number of hydrogen-bond acceptors (Lipinski definition) is 5. The molecule has 138 valence electrons. The van der Waals surface area contributed by atoms with E-state index in [1.54, 1.807) is 12.1 Å². The standard InChI is InChI=1S/C18H12Br2N2O5/c19-14-6-10(7-15(20)17(14)27-9-16(24)25)5-11(8-21)18(26)22-12-1-3-13(23)4-2-12/h1-7,23H,9H2,(H,22,26)(H,24,25)/b11-5+. The molecule has 0 fully saturated rings. The normalized spacial score (nSPS) is 10.8. The summed E-state index contributed by atoms with van der Waals surface area (Å²) in [5.41, 5.74) is 0.814. The van der Waals surface area contributed by atoms with Gasteiger partial charge in [-0.2, -0.15) is 5.26 Å². The average molecular weight is 496 g/mol. The molecular formula is C18H12Br2N2O5. The lowest BCUT2D eigenvalue weighted by atomic mass is 10.1. The molecule has 2 aromatic carbocycles. The van der Waals surface area contributed by atoms with Crippen molar-refractivity contribution in [1.29, 1.82) is 5.26 Å². The van der Waals surface area contributed by atoms with Crippen LogP contribution in [-0.2, 0) is 9.59 Å². The predicted octanol–water partition coefficient (Wildman–Crippen LogP) is 3.93. The lowest BCUT2D eigenvalue weighted by Crippen LogP contribution is -2.13. The summed E-state index contributed by atoms with van der Waals surface area (Å²) in [6.07, 6.45) is 1.38. The monoisotopic (exact) mass is 494 g/mol. The van der Waals surface area contributed by atoms with Crippen molar-refractivity contribution in [3.05, 3.63) is 56.5 Å². The highest BCUT2D eigenvalue weighted by Gasteiger charge is 2.13. The summed E-state index contributed by atoms with van der Waals surface area (Å²) in [5, 5.41) is 29.8. The van der Waals surface area contributed by atoms with Crippen LogP contribution < -0.4 is 10.1 Å². The molecule has 7 nitrogen and oxygen atoms in total. The quantitative estimate of drug-likeness (QED) is 0.317. The lowest BCUT2D eigenvalue weighted by Gasteiger charge is -2.10. The van der Waals surface area contributed by atoms with Gasteiger partial charge in [0, 0.05) is 5.69 Å². The second-order valence-corrected chi connectivity index (χ2v) is 6.88. The van der Waals surface area contributed by atoms with E-state index in [2.05, 4.69) is 37.2 Å². The number of carbonyl (C=O) groups is 2. The zero-order valence-corrected chi connectivity index (χ0v) is 16.7. The summed E-state index contributed by atoms with van der Waals surface area (Å²) in [6.45, 7) is -0.509. The summed E-state index contributed by atoms with van der Waals surface area (Å²) in [6, 6.07) is 10.8. The number of nitriles is 1. The highest BCUT2D eigenvalue weighted by atomic mass is 79.9. The maximum Gasteiger partial charge on any atom is 0.341 e. The van der Waals surface area contributed by atoms with Crippen molar-refractivity contribution in [3.8, 4) is 17.6 Å². The summed E-state index contributed by atoms with van der Waals surface area (Å²) in [5.74, 6) is -1.37. The number of rotatable bonds is 6. The lowest BCUT2D eigenvalue weighted by molar-refractivity contribution is -0.139. The fourth-order valence-corrected chi connectivity index (χ4v) is 3.44. The average Bonchev–Trinajstić information content (AvgIpc) is 2.60. The fourth-order valence-electron chi connectivity index (χ4n) is 1.99. The van der Waals surface area contributed by atoms with E-state index in [0.29, 0.717) is 25.9 Å². The van der Waals surface area contributed by atoms with Crippen LogP contribution in [0.2, 0.25) is 0 Å². The fraction of sp³-hybridized carbons (Fsp3) is 0.0556. The van der Waals surface area contributed by atoms with Crippen LogP contribution in [-0.4, -0.2) is 28.7 Å². The van der Waals surface area contributed by atoms with Crippen molar-refractivity contribution >= 4 is 55.5 Å². The number of nitrogens with one attached hydrogen (secondary N) is 1. The van der Waals surface area contributed by atoms with E-state index in [0.717, 1.165) is 0 Å². The van der Waals surface area contributed by atoms with Crippen LogP contribution in [0.25, 0.3) is 6.08 Å². The smallest absolute Gasteiger partial charge is 0.341 e. The SMILES string of the molecule is N#C/C(=C\c1cc(Br)c(OCC(=O)O)c(Br)c1)C(=O)Nc1ccc(O)cc1. The van der Waals surface area contributed by atoms with Gasteiger partial charge in [0.25, 0.3) is 5.91 Å². The van der Waals surface area contributed by atoms with Crippen LogP contribution >= 0.6 is 31.9 Å². The molecular weight excluding hydrogens is 484 g/mol. The molecule has 0 aliphatic carbocycles.